The molecule has 0 aromatic heterocycles. The summed E-state index contributed by atoms with van der Waals surface area (Å²) in [5.74, 6) is -0.580. The Labute approximate surface area is 160 Å². The lowest BCUT2D eigenvalue weighted by Gasteiger charge is -2.31. The SMILES string of the molecule is Cc1ccc(C(C)N(c2cccc(C)c2)S(=O)(=O)c2cccc(F)c2)cc1. The summed E-state index contributed by atoms with van der Waals surface area (Å²) in [6.07, 6.45) is 0. The molecular formula is C22H22FNO2S. The Morgan fingerprint density at radius 1 is 0.852 bits per heavy atom. The summed E-state index contributed by atoms with van der Waals surface area (Å²) < 4.78 is 41.9. The van der Waals surface area contributed by atoms with E-state index in [9.17, 15) is 12.8 Å². The van der Waals surface area contributed by atoms with Crippen LogP contribution in [-0.4, -0.2) is 8.42 Å². The molecule has 0 amide bonds. The van der Waals surface area contributed by atoms with E-state index in [1.54, 1.807) is 6.07 Å². The molecule has 0 radical (unpaired) electrons. The molecule has 0 fully saturated rings. The summed E-state index contributed by atoms with van der Waals surface area (Å²) in [7, 11) is -3.96. The average Bonchev–Trinajstić information content (AvgIpc) is 2.62. The van der Waals surface area contributed by atoms with Crippen molar-refractivity contribution in [1.29, 1.82) is 0 Å². The van der Waals surface area contributed by atoms with Crippen LogP contribution in [-0.2, 0) is 10.0 Å². The van der Waals surface area contributed by atoms with Crippen molar-refractivity contribution in [3.63, 3.8) is 0 Å². The number of aryl methyl sites for hydroxylation is 2. The Kier molecular flexibility index (Phi) is 5.33. The number of hydrogen-bond acceptors (Lipinski definition) is 2. The number of halogens is 1. The second-order valence-electron chi connectivity index (χ2n) is 6.68. The molecule has 0 aliphatic carbocycles. The first-order valence-corrected chi connectivity index (χ1v) is 10.2. The molecule has 3 aromatic carbocycles. The van der Waals surface area contributed by atoms with Crippen LogP contribution in [0.15, 0.2) is 77.7 Å². The summed E-state index contributed by atoms with van der Waals surface area (Å²) >= 11 is 0. The second-order valence-corrected chi connectivity index (χ2v) is 8.50. The largest absolute Gasteiger partial charge is 0.264 e. The van der Waals surface area contributed by atoms with Gasteiger partial charge < -0.3 is 0 Å². The fourth-order valence-corrected chi connectivity index (χ4v) is 4.73. The van der Waals surface area contributed by atoms with E-state index >= 15 is 0 Å². The fourth-order valence-electron chi connectivity index (χ4n) is 3.06. The van der Waals surface area contributed by atoms with E-state index in [4.69, 9.17) is 0 Å². The summed E-state index contributed by atoms with van der Waals surface area (Å²) in [5.41, 5.74) is 3.46. The highest BCUT2D eigenvalue weighted by Crippen LogP contribution is 2.34. The summed E-state index contributed by atoms with van der Waals surface area (Å²) in [4.78, 5) is -0.0667. The van der Waals surface area contributed by atoms with Crippen molar-refractivity contribution in [1.82, 2.24) is 0 Å². The van der Waals surface area contributed by atoms with Crippen molar-refractivity contribution in [3.8, 4) is 0 Å². The first-order chi connectivity index (χ1) is 12.8. The molecule has 0 spiro atoms. The topological polar surface area (TPSA) is 37.4 Å². The smallest absolute Gasteiger partial charge is 0.259 e. The van der Waals surface area contributed by atoms with E-state index in [1.165, 1.54) is 22.5 Å². The number of sulfonamides is 1. The molecule has 0 N–H and O–H groups in total. The van der Waals surface area contributed by atoms with Gasteiger partial charge in [0.1, 0.15) is 5.82 Å². The lowest BCUT2D eigenvalue weighted by Crippen LogP contribution is -2.33. The number of anilines is 1. The van der Waals surface area contributed by atoms with Crippen LogP contribution in [0.5, 0.6) is 0 Å². The number of hydrogen-bond donors (Lipinski definition) is 0. The first kappa shape index (κ1) is 19.1. The summed E-state index contributed by atoms with van der Waals surface area (Å²) in [5, 5.41) is 0. The average molecular weight is 383 g/mol. The van der Waals surface area contributed by atoms with Crippen LogP contribution < -0.4 is 4.31 Å². The Morgan fingerprint density at radius 3 is 2.15 bits per heavy atom. The molecular weight excluding hydrogens is 361 g/mol. The molecule has 1 unspecified atom stereocenters. The Balaban J connectivity index is 2.17. The van der Waals surface area contributed by atoms with Gasteiger partial charge in [-0.25, -0.2) is 12.8 Å². The van der Waals surface area contributed by atoms with Gasteiger partial charge in [0.05, 0.1) is 16.6 Å². The minimum absolute atomic E-state index is 0.0667. The zero-order valence-corrected chi connectivity index (χ0v) is 16.4. The number of benzene rings is 3. The molecule has 1 atom stereocenters. The Bertz CT molecular complexity index is 1050. The van der Waals surface area contributed by atoms with E-state index in [0.717, 1.165) is 22.8 Å². The molecule has 140 valence electrons. The molecule has 0 saturated carbocycles. The standard InChI is InChI=1S/C22H22FNO2S/c1-16-10-12-19(13-11-16)18(3)24(21-8-4-6-17(2)14-21)27(25,26)22-9-5-7-20(23)15-22/h4-15,18H,1-3H3. The van der Waals surface area contributed by atoms with Crippen LogP contribution in [0.1, 0.15) is 29.7 Å². The van der Waals surface area contributed by atoms with Crippen molar-refractivity contribution in [2.24, 2.45) is 0 Å². The van der Waals surface area contributed by atoms with Gasteiger partial charge in [-0.15, -0.1) is 0 Å². The van der Waals surface area contributed by atoms with Crippen molar-refractivity contribution in [3.05, 3.63) is 95.3 Å². The highest BCUT2D eigenvalue weighted by Gasteiger charge is 2.30. The van der Waals surface area contributed by atoms with E-state index in [-0.39, 0.29) is 4.90 Å². The van der Waals surface area contributed by atoms with E-state index < -0.39 is 21.9 Å². The monoisotopic (exact) mass is 383 g/mol. The maximum absolute atomic E-state index is 13.7. The van der Waals surface area contributed by atoms with Crippen molar-refractivity contribution < 1.29 is 12.8 Å². The molecule has 3 aromatic rings. The van der Waals surface area contributed by atoms with Gasteiger partial charge in [-0.2, -0.15) is 0 Å². The van der Waals surface area contributed by atoms with Gasteiger partial charge >= 0.3 is 0 Å². The maximum Gasteiger partial charge on any atom is 0.264 e. The van der Waals surface area contributed by atoms with E-state index in [2.05, 4.69) is 0 Å². The van der Waals surface area contributed by atoms with Crippen LogP contribution in [0, 0.1) is 19.7 Å². The third-order valence-corrected chi connectivity index (χ3v) is 6.42. The van der Waals surface area contributed by atoms with E-state index in [1.807, 2.05) is 63.2 Å². The molecule has 0 aliphatic heterocycles. The van der Waals surface area contributed by atoms with Gasteiger partial charge in [0.2, 0.25) is 0 Å². The predicted octanol–water partition coefficient (Wildman–Crippen LogP) is 5.40. The molecule has 3 nitrogen and oxygen atoms in total. The van der Waals surface area contributed by atoms with Crippen LogP contribution in [0.4, 0.5) is 10.1 Å². The Morgan fingerprint density at radius 2 is 1.52 bits per heavy atom. The normalized spacial score (nSPS) is 12.6. The third kappa shape index (κ3) is 4.03. The van der Waals surface area contributed by atoms with Crippen LogP contribution >= 0.6 is 0 Å². The second kappa shape index (κ2) is 7.53. The minimum atomic E-state index is -3.96. The predicted molar refractivity (Wildman–Crippen MR) is 107 cm³/mol. The van der Waals surface area contributed by atoms with Crippen molar-refractivity contribution in [2.45, 2.75) is 31.7 Å². The summed E-state index contributed by atoms with van der Waals surface area (Å²) in [6.45, 7) is 5.73. The molecule has 5 heteroatoms. The fraction of sp³-hybridized carbons (Fsp3) is 0.182. The third-order valence-electron chi connectivity index (χ3n) is 4.52. The van der Waals surface area contributed by atoms with E-state index in [0.29, 0.717) is 5.69 Å². The lowest BCUT2D eigenvalue weighted by molar-refractivity contribution is 0.579. The van der Waals surface area contributed by atoms with Crippen molar-refractivity contribution >= 4 is 15.7 Å². The number of nitrogens with zero attached hydrogens (tertiary/aromatic N) is 1. The van der Waals surface area contributed by atoms with Gasteiger partial charge in [-0.1, -0.05) is 48.0 Å². The first-order valence-electron chi connectivity index (χ1n) is 8.72. The van der Waals surface area contributed by atoms with Gasteiger partial charge in [0.15, 0.2) is 0 Å². The van der Waals surface area contributed by atoms with Crippen molar-refractivity contribution in [2.75, 3.05) is 4.31 Å². The Hall–Kier alpha value is -2.66. The van der Waals surface area contributed by atoms with Gasteiger partial charge in [-0.05, 0) is 62.2 Å². The molecule has 3 rings (SSSR count). The quantitative estimate of drug-likeness (QED) is 0.592. The zero-order valence-electron chi connectivity index (χ0n) is 15.6. The summed E-state index contributed by atoms with van der Waals surface area (Å²) in [6, 6.07) is 19.7. The highest BCUT2D eigenvalue weighted by atomic mass is 32.2. The zero-order chi connectivity index (χ0) is 19.6. The van der Waals surface area contributed by atoms with Crippen LogP contribution in [0.25, 0.3) is 0 Å². The molecule has 0 saturated heterocycles. The maximum atomic E-state index is 13.7. The molecule has 0 bridgehead atoms. The van der Waals surface area contributed by atoms with Gasteiger partial charge in [-0.3, -0.25) is 4.31 Å². The number of rotatable bonds is 5. The van der Waals surface area contributed by atoms with Gasteiger partial charge in [0.25, 0.3) is 10.0 Å². The van der Waals surface area contributed by atoms with Crippen LogP contribution in [0.3, 0.4) is 0 Å². The van der Waals surface area contributed by atoms with Gasteiger partial charge in [0, 0.05) is 0 Å². The lowest BCUT2D eigenvalue weighted by atomic mass is 10.1. The molecule has 0 aliphatic rings. The molecule has 27 heavy (non-hydrogen) atoms. The minimum Gasteiger partial charge on any atom is -0.259 e. The highest BCUT2D eigenvalue weighted by molar-refractivity contribution is 7.92. The van der Waals surface area contributed by atoms with Crippen LogP contribution in [0.2, 0.25) is 0 Å². The molecule has 0 heterocycles.